The predicted molar refractivity (Wildman–Crippen MR) is 176 cm³/mol. The Morgan fingerprint density at radius 1 is 1.12 bits per heavy atom. The molecule has 2 aromatic rings. The molecule has 2 aliphatic heterocycles. The van der Waals surface area contributed by atoms with Crippen LogP contribution in [0.5, 0.6) is 11.6 Å². The number of fused-ring (bicyclic) bond motifs is 5. The van der Waals surface area contributed by atoms with Gasteiger partial charge >= 0.3 is 6.09 Å². The van der Waals surface area contributed by atoms with Crippen molar-refractivity contribution in [1.29, 1.82) is 0 Å². The molecule has 1 aromatic heterocycles. The second-order valence-electron chi connectivity index (χ2n) is 16.0. The van der Waals surface area contributed by atoms with Crippen LogP contribution in [0.3, 0.4) is 0 Å². The summed E-state index contributed by atoms with van der Waals surface area (Å²) in [6.45, 7) is 12.6. The minimum atomic E-state index is -3.25. The van der Waals surface area contributed by atoms with Gasteiger partial charge in [0.25, 0.3) is 5.92 Å². The first-order valence-electron chi connectivity index (χ1n) is 17.5. The summed E-state index contributed by atoms with van der Waals surface area (Å²) in [5.41, 5.74) is -1.31. The number of alkyl carbamates (subject to hydrolysis) is 1. The number of halogens is 2. The lowest BCUT2D eigenvalue weighted by Crippen LogP contribution is -2.57. The third kappa shape index (κ3) is 6.97. The Balaban J connectivity index is 1.42. The number of carbonyl (C=O) groups is 3. The number of aromatic nitrogens is 1. The van der Waals surface area contributed by atoms with E-state index in [0.717, 1.165) is 12.8 Å². The van der Waals surface area contributed by atoms with Gasteiger partial charge in [-0.25, -0.2) is 18.6 Å². The smallest absolute Gasteiger partial charge is 0.408 e. The molecule has 262 valence electrons. The molecule has 2 bridgehead atoms. The van der Waals surface area contributed by atoms with Gasteiger partial charge in [-0.15, -0.1) is 0 Å². The molecule has 48 heavy (non-hydrogen) atoms. The van der Waals surface area contributed by atoms with Gasteiger partial charge in [0, 0.05) is 35.6 Å². The summed E-state index contributed by atoms with van der Waals surface area (Å²) in [4.78, 5) is 47.4. The van der Waals surface area contributed by atoms with Crippen molar-refractivity contribution in [3.8, 4) is 11.6 Å². The van der Waals surface area contributed by atoms with Gasteiger partial charge in [0.1, 0.15) is 23.5 Å². The molecule has 0 radical (unpaired) electrons. The van der Waals surface area contributed by atoms with Crippen molar-refractivity contribution in [2.45, 2.75) is 129 Å². The minimum absolute atomic E-state index is 0.0399. The van der Waals surface area contributed by atoms with Crippen molar-refractivity contribution in [3.05, 3.63) is 29.8 Å². The Bertz CT molecular complexity index is 1590. The summed E-state index contributed by atoms with van der Waals surface area (Å²) in [5.74, 6) is -4.38. The van der Waals surface area contributed by atoms with Gasteiger partial charge in [0.15, 0.2) is 5.78 Å². The van der Waals surface area contributed by atoms with E-state index in [4.69, 9.17) is 14.2 Å². The number of nitrogens with zero attached hydrogens (tertiary/aromatic N) is 2. The average Bonchev–Trinajstić information content (AvgIpc) is 3.90. The van der Waals surface area contributed by atoms with Crippen LogP contribution in [0.25, 0.3) is 10.9 Å². The maximum atomic E-state index is 16.2. The minimum Gasteiger partial charge on any atom is -0.490 e. The highest BCUT2D eigenvalue weighted by Crippen LogP contribution is 2.50. The van der Waals surface area contributed by atoms with E-state index in [1.165, 1.54) is 11.0 Å². The molecule has 4 aliphatic rings. The van der Waals surface area contributed by atoms with Crippen LogP contribution in [0, 0.1) is 23.2 Å². The highest BCUT2D eigenvalue weighted by molar-refractivity contribution is 5.94. The zero-order valence-electron chi connectivity index (χ0n) is 29.1. The monoisotopic (exact) mass is 669 g/mol. The molecule has 2 amide bonds. The fourth-order valence-corrected chi connectivity index (χ4v) is 7.17. The van der Waals surface area contributed by atoms with Gasteiger partial charge < -0.3 is 24.4 Å². The number of Topliss-reactive ketones (excluding diaryl/α,β-unsaturated/α-hetero) is 1. The van der Waals surface area contributed by atoms with Gasteiger partial charge in [0.05, 0.1) is 29.8 Å². The number of hydrogen-bond acceptors (Lipinski definition) is 7. The van der Waals surface area contributed by atoms with Crippen LogP contribution < -0.4 is 14.8 Å². The normalized spacial score (nSPS) is 31.1. The van der Waals surface area contributed by atoms with Crippen LogP contribution in [0.15, 0.2) is 24.3 Å². The van der Waals surface area contributed by atoms with E-state index in [9.17, 15) is 14.4 Å². The highest BCUT2D eigenvalue weighted by Gasteiger charge is 2.55. The van der Waals surface area contributed by atoms with E-state index < -0.39 is 65.4 Å². The van der Waals surface area contributed by atoms with E-state index in [0.29, 0.717) is 35.9 Å². The number of nitrogens with one attached hydrogen (secondary N) is 1. The van der Waals surface area contributed by atoms with E-state index in [-0.39, 0.29) is 42.2 Å². The van der Waals surface area contributed by atoms with Crippen LogP contribution in [0.4, 0.5) is 13.6 Å². The summed E-state index contributed by atoms with van der Waals surface area (Å²) in [7, 11) is 0. The van der Waals surface area contributed by atoms with Crippen molar-refractivity contribution in [2.24, 2.45) is 23.2 Å². The molecule has 0 spiro atoms. The van der Waals surface area contributed by atoms with Crippen molar-refractivity contribution in [1.82, 2.24) is 15.2 Å². The first-order chi connectivity index (χ1) is 22.5. The third-order valence-electron chi connectivity index (χ3n) is 10.5. The predicted octanol–water partition coefficient (Wildman–Crippen LogP) is 7.18. The van der Waals surface area contributed by atoms with Crippen molar-refractivity contribution >= 4 is 28.7 Å². The van der Waals surface area contributed by atoms with Gasteiger partial charge in [-0.05, 0) is 62.6 Å². The average molecular weight is 670 g/mol. The lowest BCUT2D eigenvalue weighted by atomic mass is 9.85. The zero-order chi connectivity index (χ0) is 34.8. The summed E-state index contributed by atoms with van der Waals surface area (Å²) in [6, 6.07) is 4.81. The molecule has 3 heterocycles. The summed E-state index contributed by atoms with van der Waals surface area (Å²) >= 11 is 0. The quantitative estimate of drug-likeness (QED) is 0.368. The first kappa shape index (κ1) is 34.4. The maximum absolute atomic E-state index is 16.2. The molecule has 11 heteroatoms. The molecular formula is C37H49F2N3O6. The SMILES string of the molecule is CC(C)C(=O)[C@@H]1[C@H](C)[C@@H]2CN1C(=O)C(C(C)(C)C)NC(=O)O[C@]1(C)C[C@H]1CCCCC(F)(F)c1cc3ccc(OC4CC4)cc3nc1O2. The summed E-state index contributed by atoms with van der Waals surface area (Å²) in [6.07, 6.45) is 2.24. The van der Waals surface area contributed by atoms with Crippen LogP contribution in [-0.2, 0) is 20.2 Å². The lowest BCUT2D eigenvalue weighted by Gasteiger charge is -2.36. The number of carbonyl (C=O) groups excluding carboxylic acids is 3. The van der Waals surface area contributed by atoms with E-state index in [1.54, 1.807) is 39.0 Å². The van der Waals surface area contributed by atoms with E-state index in [1.807, 2.05) is 27.7 Å². The number of alkyl halides is 2. The van der Waals surface area contributed by atoms with Crippen LogP contribution in [-0.4, -0.2) is 64.1 Å². The molecule has 1 saturated heterocycles. The Hall–Kier alpha value is -3.50. The fraction of sp³-hybridized carbons (Fsp3) is 0.676. The van der Waals surface area contributed by atoms with E-state index in [2.05, 4.69) is 10.3 Å². The van der Waals surface area contributed by atoms with Crippen LogP contribution in [0.2, 0.25) is 0 Å². The standard InChI is InChI=1S/C37H49F2N3O6/c1-20(2)30(43)29-21(3)28-19-42(29)33(44)31(35(4,5)6)41-34(45)48-36(7)18-23(36)10-8-9-15-37(38,39)26-16-22-11-12-25(46-24-13-14-24)17-27(22)40-32(26)47-28/h11-12,16-17,20-21,23-24,28-29,31H,8-10,13-15,18-19H2,1-7H3,(H,41,45)/t21-,23-,28+,29+,31?,36-/m1/s1. The molecular weight excluding hydrogens is 620 g/mol. The number of benzene rings is 1. The maximum Gasteiger partial charge on any atom is 0.408 e. The zero-order valence-corrected chi connectivity index (χ0v) is 29.1. The Morgan fingerprint density at radius 2 is 1.85 bits per heavy atom. The molecule has 1 N–H and O–H groups in total. The topological polar surface area (TPSA) is 107 Å². The molecule has 9 nitrogen and oxygen atoms in total. The van der Waals surface area contributed by atoms with Gasteiger partial charge in [0.2, 0.25) is 11.8 Å². The Morgan fingerprint density at radius 3 is 2.52 bits per heavy atom. The molecule has 2 saturated carbocycles. The Kier molecular flexibility index (Phi) is 8.90. The van der Waals surface area contributed by atoms with Crippen molar-refractivity contribution < 1.29 is 37.4 Å². The first-order valence-corrected chi connectivity index (χ1v) is 17.5. The molecule has 6 atom stereocenters. The number of ether oxygens (including phenoxy) is 3. The van der Waals surface area contributed by atoms with Crippen LogP contribution >= 0.6 is 0 Å². The van der Waals surface area contributed by atoms with Crippen molar-refractivity contribution in [2.75, 3.05) is 6.54 Å². The van der Waals surface area contributed by atoms with Crippen LogP contribution in [0.1, 0.15) is 99.0 Å². The number of pyridine rings is 1. The second kappa shape index (κ2) is 12.4. The molecule has 2 aliphatic carbocycles. The van der Waals surface area contributed by atoms with Gasteiger partial charge in [-0.3, -0.25) is 9.59 Å². The number of hydrogen-bond donors (Lipinski definition) is 1. The number of amides is 2. The summed E-state index contributed by atoms with van der Waals surface area (Å²) < 4.78 is 50.6. The number of rotatable bonds is 4. The second-order valence-corrected chi connectivity index (χ2v) is 16.0. The number of ketones is 1. The molecule has 1 unspecified atom stereocenters. The highest BCUT2D eigenvalue weighted by atomic mass is 19.3. The molecule has 1 aromatic carbocycles. The van der Waals surface area contributed by atoms with Gasteiger partial charge in [-0.1, -0.05) is 48.0 Å². The van der Waals surface area contributed by atoms with Crippen molar-refractivity contribution in [3.63, 3.8) is 0 Å². The van der Waals surface area contributed by atoms with Gasteiger partial charge in [-0.2, -0.15) is 0 Å². The largest absolute Gasteiger partial charge is 0.490 e. The molecule has 6 rings (SSSR count). The third-order valence-corrected chi connectivity index (χ3v) is 10.5. The Labute approximate surface area is 281 Å². The summed E-state index contributed by atoms with van der Waals surface area (Å²) in [5, 5.41) is 3.36. The van der Waals surface area contributed by atoms with E-state index >= 15 is 8.78 Å². The fourth-order valence-electron chi connectivity index (χ4n) is 7.17. The lowest BCUT2D eigenvalue weighted by molar-refractivity contribution is -0.143. The molecule has 3 fully saturated rings.